The monoisotopic (exact) mass is 313 g/mol. The van der Waals surface area contributed by atoms with Gasteiger partial charge in [0.25, 0.3) is 0 Å². The number of hydrogen-bond donors (Lipinski definition) is 1. The van der Waals surface area contributed by atoms with Crippen molar-refractivity contribution >= 4 is 28.0 Å². The quantitative estimate of drug-likeness (QED) is 0.860. The summed E-state index contributed by atoms with van der Waals surface area (Å²) in [6.45, 7) is 7.51. The lowest BCUT2D eigenvalue weighted by Crippen LogP contribution is -2.32. The number of halogens is 3. The zero-order chi connectivity index (χ0) is 15.1. The van der Waals surface area contributed by atoms with Crippen LogP contribution in [0.15, 0.2) is 35.7 Å². The van der Waals surface area contributed by atoms with Gasteiger partial charge in [-0.05, 0) is 29.6 Å². The Balaban J connectivity index is 0.00000154. The largest absolute Gasteiger partial charge is 0.512 e. The average molecular weight is 313 g/mol. The van der Waals surface area contributed by atoms with E-state index >= 15 is 0 Å². The van der Waals surface area contributed by atoms with Crippen LogP contribution in [-0.2, 0) is 10.0 Å². The molecule has 0 unspecified atom stereocenters. The van der Waals surface area contributed by atoms with Gasteiger partial charge in [0, 0.05) is 4.90 Å². The van der Waals surface area contributed by atoms with Gasteiger partial charge < -0.3 is 0 Å². The van der Waals surface area contributed by atoms with Crippen molar-refractivity contribution in [1.82, 2.24) is 4.13 Å². The Bertz CT molecular complexity index is 496. The molecule has 0 bridgehead atoms. The van der Waals surface area contributed by atoms with Gasteiger partial charge in [0.15, 0.2) is 0 Å². The van der Waals surface area contributed by atoms with Crippen LogP contribution in [0, 0.1) is 0 Å². The van der Waals surface area contributed by atoms with Crippen LogP contribution in [-0.4, -0.2) is 13.9 Å². The van der Waals surface area contributed by atoms with Crippen molar-refractivity contribution in [2.75, 3.05) is 0 Å². The number of nitrogens with one attached hydrogen (secondary N) is 1. The highest BCUT2D eigenvalue weighted by Crippen LogP contribution is 2.25. The van der Waals surface area contributed by atoms with Crippen molar-refractivity contribution in [1.29, 1.82) is 0 Å². The van der Waals surface area contributed by atoms with Gasteiger partial charge in [-0.2, -0.15) is 13.2 Å². The van der Waals surface area contributed by atoms with Crippen LogP contribution in [0.3, 0.4) is 0 Å². The molecular formula is C11H14F3NO2S2. The lowest BCUT2D eigenvalue weighted by Gasteiger charge is -2.08. The predicted octanol–water partition coefficient (Wildman–Crippen LogP) is 3.80. The molecule has 0 fully saturated rings. The molecule has 0 saturated carbocycles. The molecular weight excluding hydrogens is 299 g/mol. The van der Waals surface area contributed by atoms with Crippen LogP contribution in [0.4, 0.5) is 13.2 Å². The maximum Gasteiger partial charge on any atom is 0.512 e. The van der Waals surface area contributed by atoms with Crippen molar-refractivity contribution in [2.45, 2.75) is 24.3 Å². The number of rotatable bonds is 4. The lowest BCUT2D eigenvalue weighted by atomic mass is 10.2. The molecule has 0 aliphatic carbocycles. The van der Waals surface area contributed by atoms with Gasteiger partial charge in [0.05, 0.1) is 0 Å². The molecule has 0 amide bonds. The summed E-state index contributed by atoms with van der Waals surface area (Å²) in [5.41, 5.74) is -4.52. The summed E-state index contributed by atoms with van der Waals surface area (Å²) in [5, 5.41) is 0. The molecule has 0 radical (unpaired) electrons. The molecule has 0 saturated heterocycles. The van der Waals surface area contributed by atoms with E-state index in [9.17, 15) is 21.6 Å². The van der Waals surface area contributed by atoms with E-state index in [0.717, 1.165) is 5.56 Å². The Labute approximate surface area is 115 Å². The Kier molecular flexibility index (Phi) is 7.17. The maximum atomic E-state index is 12.0. The first-order valence-electron chi connectivity index (χ1n) is 5.24. The zero-order valence-electron chi connectivity index (χ0n) is 10.4. The smallest absolute Gasteiger partial charge is 0.202 e. The molecule has 1 rings (SSSR count). The summed E-state index contributed by atoms with van der Waals surface area (Å²) in [5.74, 6) is 0. The minimum Gasteiger partial charge on any atom is -0.202 e. The van der Waals surface area contributed by atoms with E-state index in [1.54, 1.807) is 18.2 Å². The Hall–Kier alpha value is -0.990. The third-order valence-corrected chi connectivity index (χ3v) is 4.02. The number of sulfonamides is 1. The van der Waals surface area contributed by atoms with Crippen LogP contribution < -0.4 is 4.13 Å². The fraction of sp³-hybridized carbons (Fsp3) is 0.273. The molecule has 1 N–H and O–H groups in total. The van der Waals surface area contributed by atoms with Gasteiger partial charge in [-0.1, -0.05) is 38.6 Å². The molecule has 0 aliphatic rings. The highest BCUT2D eigenvalue weighted by molar-refractivity contribution is 8.09. The van der Waals surface area contributed by atoms with E-state index in [1.807, 2.05) is 13.8 Å². The van der Waals surface area contributed by atoms with E-state index in [0.29, 0.717) is 16.8 Å². The fourth-order valence-corrected chi connectivity index (χ4v) is 2.30. The van der Waals surface area contributed by atoms with E-state index in [2.05, 4.69) is 6.58 Å². The van der Waals surface area contributed by atoms with Gasteiger partial charge >= 0.3 is 15.5 Å². The Morgan fingerprint density at radius 3 is 2.05 bits per heavy atom. The van der Waals surface area contributed by atoms with Crippen LogP contribution in [0.2, 0.25) is 0 Å². The van der Waals surface area contributed by atoms with Crippen molar-refractivity contribution in [3.05, 3.63) is 36.4 Å². The summed E-state index contributed by atoms with van der Waals surface area (Å²) in [7, 11) is -5.32. The first-order valence-corrected chi connectivity index (χ1v) is 7.53. The molecule has 8 heteroatoms. The number of benzene rings is 1. The topological polar surface area (TPSA) is 46.2 Å². The molecule has 3 nitrogen and oxygen atoms in total. The van der Waals surface area contributed by atoms with Crippen molar-refractivity contribution in [2.24, 2.45) is 0 Å². The molecule has 0 heterocycles. The highest BCUT2D eigenvalue weighted by atomic mass is 32.3. The van der Waals surface area contributed by atoms with E-state index < -0.39 is 15.5 Å². The Morgan fingerprint density at radius 1 is 1.21 bits per heavy atom. The number of hydrogen-bond acceptors (Lipinski definition) is 3. The minimum absolute atomic E-state index is 0.350. The number of alkyl halides is 3. The minimum atomic E-state index is -5.32. The summed E-state index contributed by atoms with van der Waals surface area (Å²) < 4.78 is 58.7. The molecule has 0 spiro atoms. The van der Waals surface area contributed by atoms with Crippen LogP contribution in [0.1, 0.15) is 19.4 Å². The second-order valence-corrected chi connectivity index (χ2v) is 5.72. The van der Waals surface area contributed by atoms with Crippen LogP contribution >= 0.6 is 11.9 Å². The molecule has 0 aromatic heterocycles. The van der Waals surface area contributed by atoms with Gasteiger partial charge in [-0.15, -0.1) is 4.13 Å². The van der Waals surface area contributed by atoms with E-state index in [4.69, 9.17) is 0 Å². The summed E-state index contributed by atoms with van der Waals surface area (Å²) in [6.07, 6.45) is 1.56. The standard InChI is InChI=1S/C9H8F3NO2S2.C2H6/c1-2-7-3-5-8(6-4-7)16-13-17(14,15)9(10,11)12;1-2/h2-6,13H,1H2;1-2H3. The van der Waals surface area contributed by atoms with Crippen molar-refractivity contribution < 1.29 is 21.6 Å². The second-order valence-electron chi connectivity index (χ2n) is 2.91. The van der Waals surface area contributed by atoms with Crippen LogP contribution in [0.5, 0.6) is 0 Å². The third kappa shape index (κ3) is 5.66. The molecule has 0 atom stereocenters. The summed E-state index contributed by atoms with van der Waals surface area (Å²) in [4.78, 5) is 0.350. The molecule has 1 aromatic carbocycles. The molecule has 1 aromatic rings. The summed E-state index contributed by atoms with van der Waals surface area (Å²) >= 11 is 0.381. The van der Waals surface area contributed by atoms with Gasteiger partial charge in [0.1, 0.15) is 0 Å². The fourth-order valence-electron chi connectivity index (χ4n) is 0.822. The van der Waals surface area contributed by atoms with E-state index in [1.165, 1.54) is 16.3 Å². The summed E-state index contributed by atoms with van der Waals surface area (Å²) in [6, 6.07) is 6.19. The first-order chi connectivity index (χ1) is 8.76. The van der Waals surface area contributed by atoms with Gasteiger partial charge in [0.2, 0.25) is 0 Å². The van der Waals surface area contributed by atoms with Gasteiger partial charge in [-0.3, -0.25) is 0 Å². The normalized spacial score (nSPS) is 11.4. The van der Waals surface area contributed by atoms with Gasteiger partial charge in [-0.25, -0.2) is 8.42 Å². The van der Waals surface area contributed by atoms with Crippen molar-refractivity contribution in [3.8, 4) is 0 Å². The Morgan fingerprint density at radius 2 is 1.68 bits per heavy atom. The second kappa shape index (κ2) is 7.56. The van der Waals surface area contributed by atoms with Crippen LogP contribution in [0.25, 0.3) is 6.08 Å². The third-order valence-electron chi connectivity index (χ3n) is 1.69. The maximum absolute atomic E-state index is 12.0. The first kappa shape index (κ1) is 18.0. The molecule has 108 valence electrons. The lowest BCUT2D eigenvalue weighted by molar-refractivity contribution is -0.0440. The van der Waals surface area contributed by atoms with Crippen molar-refractivity contribution in [3.63, 3.8) is 0 Å². The SMILES string of the molecule is C=Cc1ccc(SNS(=O)(=O)C(F)(F)F)cc1.CC. The van der Waals surface area contributed by atoms with E-state index in [-0.39, 0.29) is 0 Å². The predicted molar refractivity (Wildman–Crippen MR) is 71.8 cm³/mol. The zero-order valence-corrected chi connectivity index (χ0v) is 12.0. The molecule has 19 heavy (non-hydrogen) atoms. The molecule has 0 aliphatic heterocycles. The highest BCUT2D eigenvalue weighted by Gasteiger charge is 2.45. The average Bonchev–Trinajstić information content (AvgIpc) is 2.38.